The average molecular weight is 767 g/mol. The van der Waals surface area contributed by atoms with Crippen LogP contribution in [0.4, 0.5) is 0 Å². The number of hydrogen-bond donors (Lipinski definition) is 0. The zero-order valence-corrected chi connectivity index (χ0v) is 37.8. The molecule has 0 aliphatic heterocycles. The first kappa shape index (κ1) is 45.0. The first-order chi connectivity index (χ1) is 27.9. The highest BCUT2D eigenvalue weighted by atomic mass is 14.5. The highest BCUT2D eigenvalue weighted by Gasteiger charge is 2.42. The van der Waals surface area contributed by atoms with Gasteiger partial charge in [0, 0.05) is 5.41 Å². The minimum atomic E-state index is 0.109. The topological polar surface area (TPSA) is 0 Å². The minimum absolute atomic E-state index is 0.109. The SMILES string of the molecule is CCCCCCCCC1(CCCCCCCC)c2cc(C)ccc2-c2ccc(-c3ccc(-c4ccc(C)cc4CCCCCCC)c(CCCCCCC)c3)cc21. The number of aryl methyl sites for hydroxylation is 4. The molecule has 310 valence electrons. The van der Waals surface area contributed by atoms with Crippen LogP contribution in [0, 0.1) is 13.8 Å². The van der Waals surface area contributed by atoms with E-state index in [4.69, 9.17) is 0 Å². The van der Waals surface area contributed by atoms with Crippen molar-refractivity contribution in [1.29, 1.82) is 0 Å². The quantitative estimate of drug-likeness (QED) is 0.0505. The average Bonchev–Trinajstić information content (AvgIpc) is 3.48. The van der Waals surface area contributed by atoms with Crippen molar-refractivity contribution in [2.75, 3.05) is 0 Å². The van der Waals surface area contributed by atoms with Crippen molar-refractivity contribution in [2.45, 2.75) is 214 Å². The van der Waals surface area contributed by atoms with Gasteiger partial charge in [0.25, 0.3) is 0 Å². The summed E-state index contributed by atoms with van der Waals surface area (Å²) < 4.78 is 0. The molecule has 0 atom stereocenters. The fraction of sp³-hybridized carbons (Fsp3) is 0.579. The maximum absolute atomic E-state index is 2.67. The number of benzene rings is 4. The summed E-state index contributed by atoms with van der Waals surface area (Å²) in [5.74, 6) is 0. The molecular formula is C57H82. The van der Waals surface area contributed by atoms with Crippen molar-refractivity contribution in [3.8, 4) is 33.4 Å². The van der Waals surface area contributed by atoms with E-state index in [0.717, 1.165) is 6.42 Å². The molecule has 0 nitrogen and oxygen atoms in total. The van der Waals surface area contributed by atoms with Crippen LogP contribution in [0.25, 0.3) is 33.4 Å². The zero-order valence-electron chi connectivity index (χ0n) is 37.8. The molecule has 0 unspecified atom stereocenters. The van der Waals surface area contributed by atoms with E-state index < -0.39 is 0 Å². The Morgan fingerprint density at radius 2 is 0.702 bits per heavy atom. The van der Waals surface area contributed by atoms with Crippen LogP contribution in [0.2, 0.25) is 0 Å². The van der Waals surface area contributed by atoms with Gasteiger partial charge in [-0.15, -0.1) is 0 Å². The molecule has 0 radical (unpaired) electrons. The van der Waals surface area contributed by atoms with Crippen molar-refractivity contribution in [1.82, 2.24) is 0 Å². The van der Waals surface area contributed by atoms with Gasteiger partial charge < -0.3 is 0 Å². The van der Waals surface area contributed by atoms with Gasteiger partial charge in [0.05, 0.1) is 0 Å². The third-order valence-electron chi connectivity index (χ3n) is 13.5. The van der Waals surface area contributed by atoms with Crippen LogP contribution in [-0.4, -0.2) is 0 Å². The lowest BCUT2D eigenvalue weighted by molar-refractivity contribution is 0.398. The van der Waals surface area contributed by atoms with Crippen LogP contribution < -0.4 is 0 Å². The molecule has 4 aromatic rings. The molecular weight excluding hydrogens is 685 g/mol. The lowest BCUT2D eigenvalue weighted by Crippen LogP contribution is -2.25. The second-order valence-corrected chi connectivity index (χ2v) is 18.3. The van der Waals surface area contributed by atoms with Crippen LogP contribution in [0.1, 0.15) is 215 Å². The Balaban J connectivity index is 1.53. The van der Waals surface area contributed by atoms with E-state index in [0.29, 0.717) is 0 Å². The van der Waals surface area contributed by atoms with E-state index in [1.54, 1.807) is 22.3 Å². The van der Waals surface area contributed by atoms with E-state index >= 15 is 0 Å². The first-order valence-corrected chi connectivity index (χ1v) is 24.4. The standard InChI is InChI=1S/C57H82/c1-7-11-15-19-23-27-39-57(40-28-24-20-16-12-8-2)55-42-46(6)32-36-53(55)54-38-34-48(44-56(54)57)47-33-37-52(50(43-47)30-26-22-18-14-10-4)51-35-31-45(5)41-49(51)29-25-21-17-13-9-3/h31-38,41-44H,7-30,39-40H2,1-6H3. The Hall–Kier alpha value is -3.12. The Labute approximate surface area is 352 Å². The molecule has 0 heterocycles. The Morgan fingerprint density at radius 3 is 1.23 bits per heavy atom. The molecule has 1 aliphatic rings. The summed E-state index contributed by atoms with van der Waals surface area (Å²) in [5, 5.41) is 0. The van der Waals surface area contributed by atoms with Gasteiger partial charge in [0.1, 0.15) is 0 Å². The van der Waals surface area contributed by atoms with Crippen molar-refractivity contribution in [3.05, 3.63) is 106 Å². The fourth-order valence-electron chi connectivity index (χ4n) is 10.1. The number of unbranched alkanes of at least 4 members (excludes halogenated alkanes) is 18. The zero-order chi connectivity index (χ0) is 40.3. The van der Waals surface area contributed by atoms with Crippen LogP contribution in [0.5, 0.6) is 0 Å². The predicted molar refractivity (Wildman–Crippen MR) is 254 cm³/mol. The van der Waals surface area contributed by atoms with Crippen LogP contribution in [-0.2, 0) is 18.3 Å². The molecule has 57 heavy (non-hydrogen) atoms. The lowest BCUT2D eigenvalue weighted by Gasteiger charge is -2.33. The van der Waals surface area contributed by atoms with E-state index in [-0.39, 0.29) is 5.41 Å². The Bertz CT molecular complexity index is 1750. The molecule has 0 saturated carbocycles. The minimum Gasteiger partial charge on any atom is -0.0654 e. The van der Waals surface area contributed by atoms with Gasteiger partial charge in [0.15, 0.2) is 0 Å². The summed E-state index contributed by atoms with van der Waals surface area (Å²) >= 11 is 0. The third kappa shape index (κ3) is 12.4. The normalized spacial score (nSPS) is 12.9. The van der Waals surface area contributed by atoms with E-state index in [1.807, 2.05) is 0 Å². The summed E-state index contributed by atoms with van der Waals surface area (Å²) in [6.07, 6.45) is 34.4. The molecule has 4 aromatic carbocycles. The predicted octanol–water partition coefficient (Wildman–Crippen LogP) is 18.4. The fourth-order valence-corrected chi connectivity index (χ4v) is 10.1. The molecule has 0 bridgehead atoms. The van der Waals surface area contributed by atoms with Crippen molar-refractivity contribution in [2.24, 2.45) is 0 Å². The third-order valence-corrected chi connectivity index (χ3v) is 13.5. The molecule has 0 N–H and O–H groups in total. The molecule has 0 aromatic heterocycles. The molecule has 0 spiro atoms. The summed E-state index contributed by atoms with van der Waals surface area (Å²) in [6, 6.07) is 29.9. The van der Waals surface area contributed by atoms with Gasteiger partial charge in [-0.05, 0) is 114 Å². The van der Waals surface area contributed by atoms with Gasteiger partial charge in [-0.1, -0.05) is 234 Å². The molecule has 0 amide bonds. The number of rotatable bonds is 28. The molecule has 0 heteroatoms. The van der Waals surface area contributed by atoms with E-state index in [1.165, 1.54) is 205 Å². The highest BCUT2D eigenvalue weighted by molar-refractivity contribution is 5.85. The van der Waals surface area contributed by atoms with Crippen molar-refractivity contribution in [3.63, 3.8) is 0 Å². The van der Waals surface area contributed by atoms with Gasteiger partial charge in [-0.25, -0.2) is 0 Å². The summed E-state index contributed by atoms with van der Waals surface area (Å²) in [6.45, 7) is 13.9. The van der Waals surface area contributed by atoms with Crippen LogP contribution in [0.3, 0.4) is 0 Å². The van der Waals surface area contributed by atoms with Crippen molar-refractivity contribution < 1.29 is 0 Å². The smallest absolute Gasteiger partial charge is 0.0215 e. The number of hydrogen-bond acceptors (Lipinski definition) is 0. The second-order valence-electron chi connectivity index (χ2n) is 18.3. The molecule has 0 saturated heterocycles. The summed E-state index contributed by atoms with van der Waals surface area (Å²) in [5.41, 5.74) is 18.0. The molecule has 1 aliphatic carbocycles. The largest absolute Gasteiger partial charge is 0.0654 e. The monoisotopic (exact) mass is 767 g/mol. The summed E-state index contributed by atoms with van der Waals surface area (Å²) in [7, 11) is 0. The van der Waals surface area contributed by atoms with Gasteiger partial charge in [-0.3, -0.25) is 0 Å². The van der Waals surface area contributed by atoms with Gasteiger partial charge in [-0.2, -0.15) is 0 Å². The summed E-state index contributed by atoms with van der Waals surface area (Å²) in [4.78, 5) is 0. The van der Waals surface area contributed by atoms with Gasteiger partial charge >= 0.3 is 0 Å². The first-order valence-electron chi connectivity index (χ1n) is 24.4. The second kappa shape index (κ2) is 24.1. The maximum Gasteiger partial charge on any atom is 0.0215 e. The highest BCUT2D eigenvalue weighted by Crippen LogP contribution is 2.55. The molecule has 0 fully saturated rings. The van der Waals surface area contributed by atoms with Crippen LogP contribution in [0.15, 0.2) is 72.8 Å². The Morgan fingerprint density at radius 1 is 0.333 bits per heavy atom. The van der Waals surface area contributed by atoms with Gasteiger partial charge in [0.2, 0.25) is 0 Å². The number of fused-ring (bicyclic) bond motifs is 3. The van der Waals surface area contributed by atoms with E-state index in [2.05, 4.69) is 114 Å². The van der Waals surface area contributed by atoms with Crippen LogP contribution >= 0.6 is 0 Å². The van der Waals surface area contributed by atoms with E-state index in [9.17, 15) is 0 Å². The lowest BCUT2D eigenvalue weighted by atomic mass is 9.70. The Kier molecular flexibility index (Phi) is 19.0. The molecule has 5 rings (SSSR count). The maximum atomic E-state index is 2.67. The van der Waals surface area contributed by atoms with Crippen molar-refractivity contribution >= 4 is 0 Å².